The van der Waals surface area contributed by atoms with Crippen LogP contribution in [0.5, 0.6) is 0 Å². The molecule has 2 nitrogen and oxygen atoms in total. The first-order valence-electron chi connectivity index (χ1n) is 6.44. The number of ether oxygens (including phenoxy) is 1. The van der Waals surface area contributed by atoms with Gasteiger partial charge in [-0.2, -0.15) is 0 Å². The Bertz CT molecular complexity index is 324. The van der Waals surface area contributed by atoms with Crippen molar-refractivity contribution in [2.24, 2.45) is 0 Å². The van der Waals surface area contributed by atoms with Crippen molar-refractivity contribution in [3.63, 3.8) is 0 Å². The van der Waals surface area contributed by atoms with Gasteiger partial charge in [0.25, 0.3) is 0 Å². The standard InChI is InChI=1S/C14H20BrNO/c1-11(14-6-2-3-9-16-14)13(15)8-7-12-5-4-10-17-12/h2-3,6,9,11-13H,4-5,7-8,10H2,1H3. The molecule has 0 amide bonds. The zero-order valence-corrected chi connectivity index (χ0v) is 11.9. The Labute approximate surface area is 112 Å². The molecular weight excluding hydrogens is 278 g/mol. The fraction of sp³-hybridized carbons (Fsp3) is 0.643. The number of nitrogens with zero attached hydrogens (tertiary/aromatic N) is 1. The van der Waals surface area contributed by atoms with E-state index in [2.05, 4.69) is 40.0 Å². The third-order valence-corrected chi connectivity index (χ3v) is 4.74. The Morgan fingerprint density at radius 1 is 1.53 bits per heavy atom. The van der Waals surface area contributed by atoms with Gasteiger partial charge < -0.3 is 4.74 Å². The summed E-state index contributed by atoms with van der Waals surface area (Å²) in [5.41, 5.74) is 1.17. The van der Waals surface area contributed by atoms with Crippen molar-refractivity contribution >= 4 is 15.9 Å². The highest BCUT2D eigenvalue weighted by Gasteiger charge is 2.21. The van der Waals surface area contributed by atoms with Gasteiger partial charge in [-0.1, -0.05) is 28.9 Å². The van der Waals surface area contributed by atoms with E-state index >= 15 is 0 Å². The van der Waals surface area contributed by atoms with Crippen LogP contribution >= 0.6 is 15.9 Å². The summed E-state index contributed by atoms with van der Waals surface area (Å²) < 4.78 is 5.65. The molecule has 0 N–H and O–H groups in total. The molecular formula is C14H20BrNO. The summed E-state index contributed by atoms with van der Waals surface area (Å²) in [7, 11) is 0. The molecule has 1 aromatic rings. The molecule has 3 unspecified atom stereocenters. The molecule has 0 bridgehead atoms. The summed E-state index contributed by atoms with van der Waals surface area (Å²) >= 11 is 3.79. The molecule has 94 valence electrons. The fourth-order valence-electron chi connectivity index (χ4n) is 2.30. The lowest BCUT2D eigenvalue weighted by molar-refractivity contribution is 0.102. The van der Waals surface area contributed by atoms with Gasteiger partial charge >= 0.3 is 0 Å². The number of alkyl halides is 1. The van der Waals surface area contributed by atoms with Crippen LogP contribution in [0.25, 0.3) is 0 Å². The van der Waals surface area contributed by atoms with E-state index in [1.165, 1.54) is 18.5 Å². The molecule has 17 heavy (non-hydrogen) atoms. The van der Waals surface area contributed by atoms with E-state index in [1.54, 1.807) is 0 Å². The Morgan fingerprint density at radius 3 is 3.06 bits per heavy atom. The summed E-state index contributed by atoms with van der Waals surface area (Å²) in [5, 5.41) is 0. The van der Waals surface area contributed by atoms with Gasteiger partial charge in [-0.15, -0.1) is 0 Å². The summed E-state index contributed by atoms with van der Waals surface area (Å²) in [6, 6.07) is 6.12. The van der Waals surface area contributed by atoms with Gasteiger partial charge in [-0.25, -0.2) is 0 Å². The Morgan fingerprint density at radius 2 is 2.41 bits per heavy atom. The molecule has 0 spiro atoms. The van der Waals surface area contributed by atoms with E-state index < -0.39 is 0 Å². The minimum atomic E-state index is 0.456. The van der Waals surface area contributed by atoms with Crippen molar-refractivity contribution in [1.82, 2.24) is 4.98 Å². The quantitative estimate of drug-likeness (QED) is 0.769. The smallest absolute Gasteiger partial charge is 0.0576 e. The van der Waals surface area contributed by atoms with E-state index in [0.29, 0.717) is 16.8 Å². The monoisotopic (exact) mass is 297 g/mol. The highest BCUT2D eigenvalue weighted by atomic mass is 79.9. The second-order valence-corrected chi connectivity index (χ2v) is 5.95. The second kappa shape index (κ2) is 6.50. The molecule has 0 aliphatic carbocycles. The average molecular weight is 298 g/mol. The predicted octanol–water partition coefficient (Wildman–Crippen LogP) is 3.91. The van der Waals surface area contributed by atoms with Crippen LogP contribution in [0.2, 0.25) is 0 Å². The molecule has 0 saturated carbocycles. The maximum absolute atomic E-state index is 5.65. The van der Waals surface area contributed by atoms with Gasteiger partial charge in [-0.3, -0.25) is 4.98 Å². The van der Waals surface area contributed by atoms with E-state index in [9.17, 15) is 0 Å². The maximum atomic E-state index is 5.65. The van der Waals surface area contributed by atoms with Crippen LogP contribution < -0.4 is 0 Å². The fourth-order valence-corrected chi connectivity index (χ4v) is 2.83. The van der Waals surface area contributed by atoms with Gasteiger partial charge in [0.05, 0.1) is 6.10 Å². The summed E-state index contributed by atoms with van der Waals surface area (Å²) in [5.74, 6) is 0.456. The normalized spacial score (nSPS) is 23.5. The Kier molecular flexibility index (Phi) is 4.99. The van der Waals surface area contributed by atoms with Crippen LogP contribution in [0.15, 0.2) is 24.4 Å². The number of rotatable bonds is 5. The van der Waals surface area contributed by atoms with Gasteiger partial charge in [0.15, 0.2) is 0 Å². The van der Waals surface area contributed by atoms with E-state index in [1.807, 2.05) is 12.3 Å². The van der Waals surface area contributed by atoms with Crippen molar-refractivity contribution in [3.05, 3.63) is 30.1 Å². The number of hydrogen-bond donors (Lipinski definition) is 0. The van der Waals surface area contributed by atoms with E-state index in [0.717, 1.165) is 19.4 Å². The lowest BCUT2D eigenvalue weighted by Gasteiger charge is -2.19. The third kappa shape index (κ3) is 3.78. The molecule has 1 aliphatic rings. The maximum Gasteiger partial charge on any atom is 0.0576 e. The first kappa shape index (κ1) is 13.0. The topological polar surface area (TPSA) is 22.1 Å². The molecule has 3 atom stereocenters. The van der Waals surface area contributed by atoms with Crippen molar-refractivity contribution in [2.45, 2.75) is 49.5 Å². The van der Waals surface area contributed by atoms with Crippen LogP contribution in [-0.4, -0.2) is 22.5 Å². The lowest BCUT2D eigenvalue weighted by Crippen LogP contribution is -2.14. The SMILES string of the molecule is CC(c1ccccn1)C(Br)CCC1CCCO1. The molecule has 2 rings (SSSR count). The largest absolute Gasteiger partial charge is 0.378 e. The Balaban J connectivity index is 1.80. The summed E-state index contributed by atoms with van der Waals surface area (Å²) in [6.45, 7) is 3.19. The number of pyridine rings is 1. The summed E-state index contributed by atoms with van der Waals surface area (Å²) in [4.78, 5) is 4.91. The minimum absolute atomic E-state index is 0.456. The number of hydrogen-bond acceptors (Lipinski definition) is 2. The van der Waals surface area contributed by atoms with Crippen LogP contribution in [-0.2, 0) is 4.74 Å². The first-order chi connectivity index (χ1) is 8.27. The number of aromatic nitrogens is 1. The molecule has 1 aromatic heterocycles. The predicted molar refractivity (Wildman–Crippen MR) is 73.6 cm³/mol. The molecule has 2 heterocycles. The third-order valence-electron chi connectivity index (χ3n) is 3.49. The number of halogens is 1. The van der Waals surface area contributed by atoms with Gasteiger partial charge in [0.2, 0.25) is 0 Å². The van der Waals surface area contributed by atoms with Crippen molar-refractivity contribution < 1.29 is 4.74 Å². The molecule has 0 radical (unpaired) electrons. The van der Waals surface area contributed by atoms with Crippen LogP contribution in [0.3, 0.4) is 0 Å². The van der Waals surface area contributed by atoms with Crippen molar-refractivity contribution in [1.29, 1.82) is 0 Å². The highest BCUT2D eigenvalue weighted by Crippen LogP contribution is 2.28. The van der Waals surface area contributed by atoms with Gasteiger partial charge in [0, 0.05) is 29.2 Å². The first-order valence-corrected chi connectivity index (χ1v) is 7.35. The summed E-state index contributed by atoms with van der Waals surface area (Å²) in [6.07, 6.45) is 7.14. The van der Waals surface area contributed by atoms with Crippen molar-refractivity contribution in [2.75, 3.05) is 6.61 Å². The van der Waals surface area contributed by atoms with Crippen molar-refractivity contribution in [3.8, 4) is 0 Å². The zero-order valence-electron chi connectivity index (χ0n) is 10.3. The van der Waals surface area contributed by atoms with Crippen LogP contribution in [0.1, 0.15) is 44.2 Å². The molecule has 0 aromatic carbocycles. The Hall–Kier alpha value is -0.410. The minimum Gasteiger partial charge on any atom is -0.378 e. The molecule has 1 saturated heterocycles. The van der Waals surface area contributed by atoms with Gasteiger partial charge in [-0.05, 0) is 37.8 Å². The van der Waals surface area contributed by atoms with Gasteiger partial charge in [0.1, 0.15) is 0 Å². The van der Waals surface area contributed by atoms with Crippen LogP contribution in [0.4, 0.5) is 0 Å². The van der Waals surface area contributed by atoms with Crippen LogP contribution in [0, 0.1) is 0 Å². The molecule has 1 aliphatic heterocycles. The highest BCUT2D eigenvalue weighted by molar-refractivity contribution is 9.09. The second-order valence-electron chi connectivity index (χ2n) is 4.77. The van der Waals surface area contributed by atoms with E-state index in [4.69, 9.17) is 4.74 Å². The zero-order chi connectivity index (χ0) is 12.1. The molecule has 1 fully saturated rings. The molecule has 3 heteroatoms. The lowest BCUT2D eigenvalue weighted by atomic mass is 9.98. The van der Waals surface area contributed by atoms with E-state index in [-0.39, 0.29) is 0 Å². The average Bonchev–Trinajstić information content (AvgIpc) is 2.89.